The van der Waals surface area contributed by atoms with Gasteiger partial charge in [0.25, 0.3) is 0 Å². The summed E-state index contributed by atoms with van der Waals surface area (Å²) in [6.45, 7) is 8.46. The second-order valence-corrected chi connectivity index (χ2v) is 6.67. The molecule has 2 N–H and O–H groups in total. The van der Waals surface area contributed by atoms with Crippen molar-refractivity contribution in [2.75, 3.05) is 13.1 Å². The van der Waals surface area contributed by atoms with Gasteiger partial charge in [-0.2, -0.15) is 0 Å². The first-order valence-electron chi connectivity index (χ1n) is 8.32. The summed E-state index contributed by atoms with van der Waals surface area (Å²) in [5.41, 5.74) is -0.487. The summed E-state index contributed by atoms with van der Waals surface area (Å²) in [5.74, 6) is 0. The van der Waals surface area contributed by atoms with Crippen molar-refractivity contribution in [1.29, 1.82) is 0 Å². The minimum absolute atomic E-state index is 0.487. The maximum Gasteiger partial charge on any atom is 0.0769 e. The zero-order valence-corrected chi connectivity index (χ0v) is 13.0. The van der Waals surface area contributed by atoms with Gasteiger partial charge in [0.15, 0.2) is 0 Å². The fraction of sp³-hybridized carbons (Fsp3) is 1.00. The first-order valence-corrected chi connectivity index (χ1v) is 8.32. The van der Waals surface area contributed by atoms with E-state index >= 15 is 0 Å². The Kier molecular flexibility index (Phi) is 5.27. The zero-order valence-electron chi connectivity index (χ0n) is 13.0. The average molecular weight is 268 g/mol. The Balaban J connectivity index is 1.99. The summed E-state index contributed by atoms with van der Waals surface area (Å²) >= 11 is 0. The van der Waals surface area contributed by atoms with Crippen molar-refractivity contribution in [3.63, 3.8) is 0 Å². The summed E-state index contributed by atoms with van der Waals surface area (Å²) in [5, 5.41) is 14.4. The van der Waals surface area contributed by atoms with Crippen molar-refractivity contribution in [3.05, 3.63) is 0 Å². The van der Waals surface area contributed by atoms with E-state index in [0.717, 1.165) is 38.0 Å². The van der Waals surface area contributed by atoms with E-state index in [1.165, 1.54) is 32.1 Å². The Morgan fingerprint density at radius 1 is 1.11 bits per heavy atom. The molecule has 2 heterocycles. The van der Waals surface area contributed by atoms with Crippen LogP contribution in [-0.4, -0.2) is 46.8 Å². The Labute approximate surface area is 118 Å². The highest BCUT2D eigenvalue weighted by molar-refractivity contribution is 4.96. The number of fused-ring (bicyclic) bond motifs is 2. The van der Waals surface area contributed by atoms with E-state index in [-0.39, 0.29) is 0 Å². The van der Waals surface area contributed by atoms with Crippen molar-refractivity contribution in [3.8, 4) is 0 Å². The van der Waals surface area contributed by atoms with E-state index in [4.69, 9.17) is 0 Å². The molecule has 2 atom stereocenters. The quantitative estimate of drug-likeness (QED) is 0.745. The van der Waals surface area contributed by atoms with Crippen molar-refractivity contribution in [1.82, 2.24) is 10.2 Å². The number of piperidine rings is 1. The topological polar surface area (TPSA) is 35.5 Å². The molecule has 0 spiro atoms. The molecule has 0 amide bonds. The molecule has 3 heteroatoms. The maximum atomic E-state index is 10.6. The summed E-state index contributed by atoms with van der Waals surface area (Å²) in [6, 6.07) is 2.15. The van der Waals surface area contributed by atoms with Crippen molar-refractivity contribution >= 4 is 0 Å². The Morgan fingerprint density at radius 3 is 2.16 bits per heavy atom. The van der Waals surface area contributed by atoms with Crippen molar-refractivity contribution in [2.45, 2.75) is 89.4 Å². The van der Waals surface area contributed by atoms with Gasteiger partial charge in [0, 0.05) is 24.7 Å². The molecule has 2 rings (SSSR count). The molecular formula is C16H32N2O. The highest BCUT2D eigenvalue weighted by Gasteiger charge is 2.37. The predicted molar refractivity (Wildman–Crippen MR) is 80.4 cm³/mol. The molecule has 2 fully saturated rings. The van der Waals surface area contributed by atoms with Crippen LogP contribution in [0.25, 0.3) is 0 Å². The molecule has 2 bridgehead atoms. The lowest BCUT2D eigenvalue weighted by molar-refractivity contribution is -0.0213. The fourth-order valence-corrected chi connectivity index (χ4v) is 3.85. The van der Waals surface area contributed by atoms with Gasteiger partial charge in [-0.15, -0.1) is 0 Å². The van der Waals surface area contributed by atoms with E-state index in [2.05, 4.69) is 31.0 Å². The van der Waals surface area contributed by atoms with Gasteiger partial charge in [0.05, 0.1) is 5.60 Å². The van der Waals surface area contributed by atoms with E-state index < -0.39 is 5.60 Å². The van der Waals surface area contributed by atoms with Crippen LogP contribution in [-0.2, 0) is 0 Å². The van der Waals surface area contributed by atoms with E-state index in [1.54, 1.807) is 0 Å². The molecular weight excluding hydrogens is 236 g/mol. The third kappa shape index (κ3) is 3.71. The molecule has 19 heavy (non-hydrogen) atoms. The monoisotopic (exact) mass is 268 g/mol. The van der Waals surface area contributed by atoms with Crippen LogP contribution in [0.2, 0.25) is 0 Å². The molecule has 112 valence electrons. The molecule has 2 saturated heterocycles. The number of nitrogens with zero attached hydrogens (tertiary/aromatic N) is 1. The molecule has 0 aliphatic carbocycles. The number of hydrogen-bond donors (Lipinski definition) is 2. The van der Waals surface area contributed by atoms with Crippen molar-refractivity contribution in [2.24, 2.45) is 0 Å². The molecule has 2 aliphatic heterocycles. The fourth-order valence-electron chi connectivity index (χ4n) is 3.85. The van der Waals surface area contributed by atoms with E-state index in [0.29, 0.717) is 6.04 Å². The lowest BCUT2D eigenvalue weighted by atomic mass is 9.92. The first-order chi connectivity index (χ1) is 9.10. The second-order valence-electron chi connectivity index (χ2n) is 6.67. The smallest absolute Gasteiger partial charge is 0.0769 e. The van der Waals surface area contributed by atoms with Crippen LogP contribution in [0.4, 0.5) is 0 Å². The highest BCUT2D eigenvalue weighted by Crippen LogP contribution is 2.31. The van der Waals surface area contributed by atoms with Crippen LogP contribution in [0.15, 0.2) is 0 Å². The third-order valence-corrected chi connectivity index (χ3v) is 5.29. The van der Waals surface area contributed by atoms with Gasteiger partial charge < -0.3 is 10.4 Å². The van der Waals surface area contributed by atoms with Gasteiger partial charge in [0.2, 0.25) is 0 Å². The first kappa shape index (κ1) is 15.3. The average Bonchev–Trinajstić information content (AvgIpc) is 2.77. The molecule has 0 radical (unpaired) electrons. The highest BCUT2D eigenvalue weighted by atomic mass is 16.3. The zero-order chi connectivity index (χ0) is 13.9. The van der Waals surface area contributed by atoms with Crippen LogP contribution in [0.1, 0.15) is 65.7 Å². The van der Waals surface area contributed by atoms with Gasteiger partial charge in [-0.25, -0.2) is 0 Å². The molecule has 0 aromatic rings. The number of aliphatic hydroxyl groups is 1. The minimum Gasteiger partial charge on any atom is -0.389 e. The largest absolute Gasteiger partial charge is 0.389 e. The van der Waals surface area contributed by atoms with Gasteiger partial charge in [-0.05, 0) is 51.5 Å². The van der Waals surface area contributed by atoms with Gasteiger partial charge in [-0.3, -0.25) is 4.90 Å². The third-order valence-electron chi connectivity index (χ3n) is 5.29. The van der Waals surface area contributed by atoms with Gasteiger partial charge in [0.1, 0.15) is 0 Å². The minimum atomic E-state index is -0.487. The summed E-state index contributed by atoms with van der Waals surface area (Å²) in [7, 11) is 0. The van der Waals surface area contributed by atoms with Gasteiger partial charge >= 0.3 is 0 Å². The summed E-state index contributed by atoms with van der Waals surface area (Å²) < 4.78 is 0. The summed E-state index contributed by atoms with van der Waals surface area (Å²) in [6.07, 6.45) is 8.17. The molecule has 0 aromatic heterocycles. The number of nitrogens with one attached hydrogen (secondary N) is 1. The Morgan fingerprint density at radius 2 is 1.68 bits per heavy atom. The lowest BCUT2D eigenvalue weighted by Gasteiger charge is -2.41. The van der Waals surface area contributed by atoms with E-state index in [1.807, 2.05) is 0 Å². The van der Waals surface area contributed by atoms with Crippen LogP contribution < -0.4 is 5.32 Å². The Bertz CT molecular complexity index is 266. The number of hydrogen-bond acceptors (Lipinski definition) is 3. The van der Waals surface area contributed by atoms with E-state index in [9.17, 15) is 5.11 Å². The number of rotatable bonds is 7. The summed E-state index contributed by atoms with van der Waals surface area (Å²) in [4.78, 5) is 2.58. The molecule has 2 aliphatic rings. The molecule has 3 nitrogen and oxygen atoms in total. The van der Waals surface area contributed by atoms with Gasteiger partial charge in [-0.1, -0.05) is 20.8 Å². The van der Waals surface area contributed by atoms with Crippen LogP contribution >= 0.6 is 0 Å². The van der Waals surface area contributed by atoms with Crippen molar-refractivity contribution < 1.29 is 5.11 Å². The van der Waals surface area contributed by atoms with Crippen LogP contribution in [0.5, 0.6) is 0 Å². The molecule has 2 unspecified atom stereocenters. The second kappa shape index (κ2) is 6.55. The standard InChI is InChI=1S/C16H32N2O/c1-4-9-18(12-16(19,5-2)6-3)15-10-13-7-8-14(11-15)17-13/h13-15,17,19H,4-12H2,1-3H3. The normalized spacial score (nSPS) is 31.1. The maximum absolute atomic E-state index is 10.6. The Hall–Kier alpha value is -0.120. The predicted octanol–water partition coefficient (Wildman–Crippen LogP) is 2.53. The van der Waals surface area contributed by atoms with Crippen LogP contribution in [0.3, 0.4) is 0 Å². The lowest BCUT2D eigenvalue weighted by Crippen LogP contribution is -2.52. The SMILES string of the molecule is CCCN(CC(O)(CC)CC)C1CC2CCC(C1)N2. The molecule has 0 aromatic carbocycles. The van der Waals surface area contributed by atoms with Crippen LogP contribution in [0, 0.1) is 0 Å². The molecule has 0 saturated carbocycles.